The van der Waals surface area contributed by atoms with Crippen molar-refractivity contribution in [3.05, 3.63) is 47.7 Å². The quantitative estimate of drug-likeness (QED) is 0.690. The van der Waals surface area contributed by atoms with Crippen molar-refractivity contribution >= 4 is 16.9 Å². The summed E-state index contributed by atoms with van der Waals surface area (Å²) in [5, 5.41) is 7.91. The number of nitrogens with zero attached hydrogens (tertiary/aromatic N) is 3. The lowest BCUT2D eigenvalue weighted by Gasteiger charge is -2.23. The maximum absolute atomic E-state index is 13.0. The van der Waals surface area contributed by atoms with Crippen molar-refractivity contribution in [2.75, 3.05) is 0 Å². The van der Waals surface area contributed by atoms with E-state index in [4.69, 9.17) is 0 Å². The molecule has 2 aromatic heterocycles. The van der Waals surface area contributed by atoms with E-state index in [1.54, 1.807) is 24.0 Å². The zero-order valence-electron chi connectivity index (χ0n) is 16.0. The highest BCUT2D eigenvalue weighted by Crippen LogP contribution is 2.31. The minimum Gasteiger partial charge on any atom is -0.349 e. The van der Waals surface area contributed by atoms with Crippen LogP contribution in [-0.2, 0) is 13.2 Å². The number of aryl methyl sites for hydroxylation is 1. The second kappa shape index (κ2) is 7.50. The van der Waals surface area contributed by atoms with Crippen LogP contribution >= 0.6 is 0 Å². The van der Waals surface area contributed by atoms with Crippen LogP contribution in [0.1, 0.15) is 48.0 Å². The minimum absolute atomic E-state index is 0.144. The summed E-state index contributed by atoms with van der Waals surface area (Å²) in [4.78, 5) is 17.5. The van der Waals surface area contributed by atoms with E-state index in [2.05, 4.69) is 15.4 Å². The van der Waals surface area contributed by atoms with Gasteiger partial charge in [0.15, 0.2) is 5.65 Å². The van der Waals surface area contributed by atoms with Gasteiger partial charge in [-0.25, -0.2) is 4.98 Å². The van der Waals surface area contributed by atoms with Crippen molar-refractivity contribution in [1.29, 1.82) is 0 Å². The Morgan fingerprint density at radius 1 is 1.14 bits per heavy atom. The third-order valence-electron chi connectivity index (χ3n) is 5.40. The second-order valence-corrected chi connectivity index (χ2v) is 7.44. The molecule has 1 aromatic carbocycles. The molecule has 0 radical (unpaired) electrons. The molecule has 0 unspecified atom stereocenters. The number of aromatic nitrogens is 3. The highest BCUT2D eigenvalue weighted by molar-refractivity contribution is 6.06. The van der Waals surface area contributed by atoms with Crippen LogP contribution in [0.2, 0.25) is 0 Å². The molecule has 152 valence electrons. The second-order valence-electron chi connectivity index (χ2n) is 7.44. The Bertz CT molecular complexity index is 1030. The van der Waals surface area contributed by atoms with E-state index >= 15 is 0 Å². The van der Waals surface area contributed by atoms with E-state index in [-0.39, 0.29) is 11.9 Å². The SMILES string of the molecule is Cn1ncc2c(C(=O)NC3CCCCC3)cc(-c3ccc(C(F)(F)F)cc3)nc21. The Morgan fingerprint density at radius 2 is 1.83 bits per heavy atom. The van der Waals surface area contributed by atoms with Gasteiger partial charge < -0.3 is 5.32 Å². The average molecular weight is 402 g/mol. The third-order valence-corrected chi connectivity index (χ3v) is 5.40. The van der Waals surface area contributed by atoms with Crippen LogP contribution in [0, 0.1) is 0 Å². The standard InChI is InChI=1S/C21H21F3N4O/c1-28-19-17(12-25-28)16(20(29)26-15-5-3-2-4-6-15)11-18(27-19)13-7-9-14(10-8-13)21(22,23)24/h7-12,15H,2-6H2,1H3,(H,26,29). The molecular formula is C21H21F3N4O. The fourth-order valence-corrected chi connectivity index (χ4v) is 3.79. The number of amides is 1. The summed E-state index contributed by atoms with van der Waals surface area (Å²) in [6.07, 6.45) is 2.49. The lowest BCUT2D eigenvalue weighted by atomic mass is 9.95. The van der Waals surface area contributed by atoms with Gasteiger partial charge in [-0.2, -0.15) is 18.3 Å². The number of nitrogens with one attached hydrogen (secondary N) is 1. The normalized spacial score (nSPS) is 15.6. The lowest BCUT2D eigenvalue weighted by Crippen LogP contribution is -2.36. The van der Waals surface area contributed by atoms with Crippen LogP contribution in [0.25, 0.3) is 22.3 Å². The zero-order chi connectivity index (χ0) is 20.6. The van der Waals surface area contributed by atoms with Gasteiger partial charge in [0.05, 0.1) is 28.4 Å². The molecule has 1 fully saturated rings. The number of pyridine rings is 1. The van der Waals surface area contributed by atoms with E-state index in [9.17, 15) is 18.0 Å². The van der Waals surface area contributed by atoms with E-state index < -0.39 is 11.7 Å². The molecule has 3 aromatic rings. The lowest BCUT2D eigenvalue weighted by molar-refractivity contribution is -0.137. The summed E-state index contributed by atoms with van der Waals surface area (Å²) in [5.41, 5.74) is 1.16. The summed E-state index contributed by atoms with van der Waals surface area (Å²) in [7, 11) is 1.72. The van der Waals surface area contributed by atoms with E-state index in [1.165, 1.54) is 18.6 Å². The van der Waals surface area contributed by atoms with Crippen LogP contribution < -0.4 is 5.32 Å². The Kier molecular flexibility index (Phi) is 5.02. The van der Waals surface area contributed by atoms with Crippen molar-refractivity contribution in [2.45, 2.75) is 44.3 Å². The minimum atomic E-state index is -4.40. The number of rotatable bonds is 3. The predicted molar refractivity (Wildman–Crippen MR) is 103 cm³/mol. The molecule has 1 N–H and O–H groups in total. The highest BCUT2D eigenvalue weighted by Gasteiger charge is 2.30. The Balaban J connectivity index is 1.72. The van der Waals surface area contributed by atoms with Gasteiger partial charge in [-0.1, -0.05) is 31.4 Å². The summed E-state index contributed by atoms with van der Waals surface area (Å²) in [6.45, 7) is 0. The number of carbonyl (C=O) groups excluding carboxylic acids is 1. The van der Waals surface area contributed by atoms with Gasteiger partial charge in [0.25, 0.3) is 5.91 Å². The first-order chi connectivity index (χ1) is 13.8. The first-order valence-corrected chi connectivity index (χ1v) is 9.64. The number of carbonyl (C=O) groups is 1. The topological polar surface area (TPSA) is 59.8 Å². The van der Waals surface area contributed by atoms with Crippen molar-refractivity contribution in [3.8, 4) is 11.3 Å². The van der Waals surface area contributed by atoms with E-state index in [0.717, 1.165) is 37.8 Å². The summed E-state index contributed by atoms with van der Waals surface area (Å²) in [6, 6.07) is 6.56. The Morgan fingerprint density at radius 3 is 2.48 bits per heavy atom. The number of fused-ring (bicyclic) bond motifs is 1. The van der Waals surface area contributed by atoms with Gasteiger partial charge in [0.2, 0.25) is 0 Å². The molecule has 0 bridgehead atoms. The van der Waals surface area contributed by atoms with Crippen LogP contribution in [0.4, 0.5) is 13.2 Å². The Labute approximate surface area is 165 Å². The van der Waals surface area contributed by atoms with Crippen LogP contribution in [0.15, 0.2) is 36.5 Å². The number of hydrogen-bond acceptors (Lipinski definition) is 3. The van der Waals surface area contributed by atoms with Gasteiger partial charge in [0.1, 0.15) is 0 Å². The first kappa shape index (κ1) is 19.4. The van der Waals surface area contributed by atoms with Gasteiger partial charge in [0, 0.05) is 18.7 Å². The molecule has 5 nitrogen and oxygen atoms in total. The largest absolute Gasteiger partial charge is 0.416 e. The van der Waals surface area contributed by atoms with Gasteiger partial charge in [-0.15, -0.1) is 0 Å². The van der Waals surface area contributed by atoms with Crippen molar-refractivity contribution in [2.24, 2.45) is 7.05 Å². The highest BCUT2D eigenvalue weighted by atomic mass is 19.4. The van der Waals surface area contributed by atoms with Crippen LogP contribution in [0.3, 0.4) is 0 Å². The zero-order valence-corrected chi connectivity index (χ0v) is 16.0. The maximum atomic E-state index is 13.0. The number of benzene rings is 1. The average Bonchev–Trinajstić information content (AvgIpc) is 3.08. The molecule has 4 rings (SSSR count). The van der Waals surface area contributed by atoms with Crippen LogP contribution in [-0.4, -0.2) is 26.7 Å². The molecule has 0 spiro atoms. The fraction of sp³-hybridized carbons (Fsp3) is 0.381. The van der Waals surface area contributed by atoms with Gasteiger partial charge >= 0.3 is 6.18 Å². The van der Waals surface area contributed by atoms with Gasteiger partial charge in [-0.05, 0) is 31.0 Å². The van der Waals surface area contributed by atoms with Crippen molar-refractivity contribution in [3.63, 3.8) is 0 Å². The fourth-order valence-electron chi connectivity index (χ4n) is 3.79. The van der Waals surface area contributed by atoms with E-state index in [1.807, 2.05) is 0 Å². The summed E-state index contributed by atoms with van der Waals surface area (Å²) >= 11 is 0. The smallest absolute Gasteiger partial charge is 0.349 e. The molecule has 0 aliphatic heterocycles. The molecule has 2 heterocycles. The molecule has 1 aliphatic rings. The molecule has 1 amide bonds. The van der Waals surface area contributed by atoms with Crippen LogP contribution in [0.5, 0.6) is 0 Å². The first-order valence-electron chi connectivity index (χ1n) is 9.64. The third kappa shape index (κ3) is 3.97. The molecule has 1 aliphatic carbocycles. The summed E-state index contributed by atoms with van der Waals surface area (Å²) < 4.78 is 40.1. The molecule has 0 saturated heterocycles. The van der Waals surface area contributed by atoms with E-state index in [0.29, 0.717) is 27.9 Å². The molecule has 0 atom stereocenters. The van der Waals surface area contributed by atoms with Gasteiger partial charge in [-0.3, -0.25) is 9.48 Å². The maximum Gasteiger partial charge on any atom is 0.416 e. The number of halogens is 3. The molecule has 8 heteroatoms. The van der Waals surface area contributed by atoms with Crippen molar-refractivity contribution < 1.29 is 18.0 Å². The van der Waals surface area contributed by atoms with Crippen molar-refractivity contribution in [1.82, 2.24) is 20.1 Å². The monoisotopic (exact) mass is 402 g/mol. The number of hydrogen-bond donors (Lipinski definition) is 1. The number of alkyl halides is 3. The predicted octanol–water partition coefficient (Wildman–Crippen LogP) is 4.72. The molecular weight excluding hydrogens is 381 g/mol. The summed E-state index contributed by atoms with van der Waals surface area (Å²) in [5.74, 6) is -0.203. The molecule has 1 saturated carbocycles. The Hall–Kier alpha value is -2.90. The molecule has 29 heavy (non-hydrogen) atoms.